The molecule has 0 aliphatic carbocycles. The quantitative estimate of drug-likeness (QED) is 0.340. The zero-order valence-corrected chi connectivity index (χ0v) is 17.5. The van der Waals surface area contributed by atoms with Crippen LogP contribution in [0, 0.1) is 0 Å². The molecule has 0 fully saturated rings. The molecular weight excluding hydrogens is 358 g/mol. The van der Waals surface area contributed by atoms with Gasteiger partial charge >= 0.3 is 0 Å². The van der Waals surface area contributed by atoms with Gasteiger partial charge in [0.1, 0.15) is 0 Å². The van der Waals surface area contributed by atoms with Crippen molar-refractivity contribution in [2.75, 3.05) is 0 Å². The minimum atomic E-state index is -0.00267. The molecule has 1 aliphatic heterocycles. The van der Waals surface area contributed by atoms with Crippen LogP contribution in [0.4, 0.5) is 0 Å². The van der Waals surface area contributed by atoms with E-state index in [9.17, 15) is 4.79 Å². The van der Waals surface area contributed by atoms with Gasteiger partial charge in [-0.3, -0.25) is 4.79 Å². The second-order valence-electron chi connectivity index (χ2n) is 7.04. The Morgan fingerprint density at radius 3 is 2.31 bits per heavy atom. The Bertz CT molecular complexity index is 712. The number of ketones is 1. The van der Waals surface area contributed by atoms with Gasteiger partial charge in [0, 0.05) is 22.4 Å². The zero-order valence-electron chi connectivity index (χ0n) is 15.8. The highest BCUT2D eigenvalue weighted by atomic mass is 32.2. The standard InChI is InChI=1S/C22H29NOS2/c1-3-5-7-11-19(24)18-15-17(16-23-18)22(14-10-6-4-2)25-20-12-8-9-13-21(20)26-22/h8-9,12-13,15-16,23H,3-7,10-11,14H2,1-2H3. The number of unbranched alkanes of at least 4 members (excludes halogenated alkanes) is 4. The molecule has 1 aromatic carbocycles. The van der Waals surface area contributed by atoms with Crippen molar-refractivity contribution in [1.82, 2.24) is 4.98 Å². The Morgan fingerprint density at radius 2 is 1.65 bits per heavy atom. The van der Waals surface area contributed by atoms with E-state index in [0.29, 0.717) is 6.42 Å². The normalized spacial score (nSPS) is 15.2. The van der Waals surface area contributed by atoms with Gasteiger partial charge in [-0.2, -0.15) is 0 Å². The van der Waals surface area contributed by atoms with Gasteiger partial charge in [0.15, 0.2) is 5.78 Å². The van der Waals surface area contributed by atoms with Gasteiger partial charge in [0.25, 0.3) is 0 Å². The van der Waals surface area contributed by atoms with Crippen LogP contribution in [0.1, 0.15) is 81.3 Å². The smallest absolute Gasteiger partial charge is 0.179 e. The molecule has 4 heteroatoms. The summed E-state index contributed by atoms with van der Waals surface area (Å²) in [5.74, 6) is 0.249. The van der Waals surface area contributed by atoms with Crippen LogP contribution in [0.3, 0.4) is 0 Å². The number of benzene rings is 1. The van der Waals surface area contributed by atoms with Gasteiger partial charge in [-0.1, -0.05) is 58.1 Å². The molecule has 1 aromatic heterocycles. The fraction of sp³-hybridized carbons (Fsp3) is 0.500. The first-order valence-electron chi connectivity index (χ1n) is 9.87. The second-order valence-corrected chi connectivity index (χ2v) is 9.98. The van der Waals surface area contributed by atoms with Crippen molar-refractivity contribution < 1.29 is 4.79 Å². The third kappa shape index (κ3) is 4.40. The number of hydrogen-bond acceptors (Lipinski definition) is 3. The van der Waals surface area contributed by atoms with Crippen LogP contribution in [0.15, 0.2) is 46.3 Å². The van der Waals surface area contributed by atoms with Gasteiger partial charge in [0.2, 0.25) is 0 Å². The van der Waals surface area contributed by atoms with E-state index in [1.807, 2.05) is 23.5 Å². The summed E-state index contributed by atoms with van der Waals surface area (Å²) < 4.78 is -0.00267. The molecular formula is C22H29NOS2. The van der Waals surface area contributed by atoms with E-state index in [1.165, 1.54) is 34.6 Å². The number of H-pyrrole nitrogens is 1. The highest BCUT2D eigenvalue weighted by Gasteiger charge is 2.41. The van der Waals surface area contributed by atoms with Crippen molar-refractivity contribution in [3.05, 3.63) is 47.8 Å². The van der Waals surface area contributed by atoms with Gasteiger partial charge in [-0.25, -0.2) is 0 Å². The van der Waals surface area contributed by atoms with Crippen LogP contribution in [0.25, 0.3) is 0 Å². The zero-order chi connectivity index (χ0) is 18.4. The molecule has 2 heterocycles. The van der Waals surface area contributed by atoms with Crippen LogP contribution in [-0.4, -0.2) is 10.8 Å². The molecule has 0 saturated heterocycles. The van der Waals surface area contributed by atoms with Crippen molar-refractivity contribution in [3.63, 3.8) is 0 Å². The Morgan fingerprint density at radius 1 is 1.00 bits per heavy atom. The highest BCUT2D eigenvalue weighted by molar-refractivity contribution is 8.20. The third-order valence-electron chi connectivity index (χ3n) is 4.94. The van der Waals surface area contributed by atoms with Crippen LogP contribution >= 0.6 is 23.5 Å². The van der Waals surface area contributed by atoms with E-state index in [-0.39, 0.29) is 9.86 Å². The topological polar surface area (TPSA) is 32.9 Å². The summed E-state index contributed by atoms with van der Waals surface area (Å²) in [7, 11) is 0. The molecule has 1 N–H and O–H groups in total. The predicted octanol–water partition coefficient (Wildman–Crippen LogP) is 7.41. The first-order chi connectivity index (χ1) is 12.7. The molecule has 1 aliphatic rings. The molecule has 0 bridgehead atoms. The number of aromatic nitrogens is 1. The van der Waals surface area contributed by atoms with Crippen LogP contribution in [0.5, 0.6) is 0 Å². The number of nitrogens with one attached hydrogen (secondary N) is 1. The molecule has 0 amide bonds. The lowest BCUT2D eigenvalue weighted by atomic mass is 10.1. The van der Waals surface area contributed by atoms with E-state index in [4.69, 9.17) is 0 Å². The summed E-state index contributed by atoms with van der Waals surface area (Å²) in [5, 5.41) is 0. The maximum Gasteiger partial charge on any atom is 0.179 e. The summed E-state index contributed by atoms with van der Waals surface area (Å²) in [6.07, 6.45) is 10.8. The van der Waals surface area contributed by atoms with Gasteiger partial charge in [-0.15, -0.1) is 23.5 Å². The summed E-state index contributed by atoms with van der Waals surface area (Å²) in [5.41, 5.74) is 2.04. The lowest BCUT2D eigenvalue weighted by molar-refractivity contribution is 0.0975. The fourth-order valence-electron chi connectivity index (χ4n) is 3.41. The summed E-state index contributed by atoms with van der Waals surface area (Å²) in [6, 6.07) is 10.8. The number of carbonyl (C=O) groups is 1. The average molecular weight is 388 g/mol. The minimum Gasteiger partial charge on any atom is -0.358 e. The van der Waals surface area contributed by atoms with E-state index < -0.39 is 0 Å². The molecule has 140 valence electrons. The van der Waals surface area contributed by atoms with E-state index in [2.05, 4.69) is 55.4 Å². The molecule has 26 heavy (non-hydrogen) atoms. The van der Waals surface area contributed by atoms with E-state index >= 15 is 0 Å². The molecule has 0 atom stereocenters. The SMILES string of the molecule is CCCCCC(=O)c1cc(C2(CCCCC)Sc3ccccc3S2)c[nH]1. The van der Waals surface area contributed by atoms with Crippen LogP contribution in [0.2, 0.25) is 0 Å². The molecule has 2 aromatic rings. The van der Waals surface area contributed by atoms with Crippen LogP contribution in [-0.2, 0) is 4.08 Å². The average Bonchev–Trinajstić information content (AvgIpc) is 3.27. The number of hydrogen-bond donors (Lipinski definition) is 1. The summed E-state index contributed by atoms with van der Waals surface area (Å²) in [6.45, 7) is 4.42. The minimum absolute atomic E-state index is 0.00267. The maximum absolute atomic E-state index is 12.5. The first-order valence-corrected chi connectivity index (χ1v) is 11.5. The number of thioether (sulfide) groups is 2. The maximum atomic E-state index is 12.5. The Balaban J connectivity index is 1.79. The molecule has 2 nitrogen and oxygen atoms in total. The third-order valence-corrected chi connectivity index (χ3v) is 8.26. The number of aromatic amines is 1. The van der Waals surface area contributed by atoms with Crippen LogP contribution < -0.4 is 0 Å². The summed E-state index contributed by atoms with van der Waals surface area (Å²) >= 11 is 3.93. The Kier molecular flexibility index (Phi) is 6.93. The molecule has 0 radical (unpaired) electrons. The molecule has 3 rings (SSSR count). The molecule has 0 saturated carbocycles. The largest absolute Gasteiger partial charge is 0.358 e. The van der Waals surface area contributed by atoms with E-state index in [0.717, 1.165) is 31.4 Å². The van der Waals surface area contributed by atoms with Gasteiger partial charge < -0.3 is 4.98 Å². The van der Waals surface area contributed by atoms with Gasteiger partial charge in [0.05, 0.1) is 9.77 Å². The van der Waals surface area contributed by atoms with Crippen molar-refractivity contribution in [3.8, 4) is 0 Å². The number of rotatable bonds is 10. The van der Waals surface area contributed by atoms with E-state index in [1.54, 1.807) is 0 Å². The fourth-order valence-corrected chi connectivity index (χ4v) is 6.67. The predicted molar refractivity (Wildman–Crippen MR) is 113 cm³/mol. The lowest BCUT2D eigenvalue weighted by Crippen LogP contribution is -2.13. The monoisotopic (exact) mass is 387 g/mol. The van der Waals surface area contributed by atoms with Crippen molar-refractivity contribution in [2.45, 2.75) is 79.1 Å². The highest BCUT2D eigenvalue weighted by Crippen LogP contribution is 2.63. The van der Waals surface area contributed by atoms with Crippen molar-refractivity contribution in [2.24, 2.45) is 0 Å². The van der Waals surface area contributed by atoms with Gasteiger partial charge in [-0.05, 0) is 36.6 Å². The number of fused-ring (bicyclic) bond motifs is 1. The second kappa shape index (κ2) is 9.18. The first kappa shape index (κ1) is 19.6. The van der Waals surface area contributed by atoms with Crippen molar-refractivity contribution >= 4 is 29.3 Å². The molecule has 0 spiro atoms. The summed E-state index contributed by atoms with van der Waals surface area (Å²) in [4.78, 5) is 18.5. The number of carbonyl (C=O) groups excluding carboxylic acids is 1. The molecule has 0 unspecified atom stereocenters. The van der Waals surface area contributed by atoms with Crippen molar-refractivity contribution in [1.29, 1.82) is 0 Å². The number of Topliss-reactive ketones (excluding diaryl/α,β-unsaturated/α-hetero) is 1. The Hall–Kier alpha value is -1.13. The lowest BCUT2D eigenvalue weighted by Gasteiger charge is -2.26. The Labute approximate surface area is 165 Å².